The Morgan fingerprint density at radius 1 is 1.62 bits per heavy atom. The average molecular weight is 186 g/mol. The molecular weight excluding hydrogens is 176 g/mol. The van der Waals surface area contributed by atoms with E-state index in [0.717, 1.165) is 0 Å². The fourth-order valence-corrected chi connectivity index (χ4v) is 0.994. The quantitative estimate of drug-likeness (QED) is 0.550. The second kappa shape index (κ2) is 3.88. The van der Waals surface area contributed by atoms with Crippen molar-refractivity contribution in [3.8, 4) is 0 Å². The fraction of sp³-hybridized carbons (Fsp3) is 0.571. The number of amides is 3. The van der Waals surface area contributed by atoms with E-state index >= 15 is 0 Å². The van der Waals surface area contributed by atoms with E-state index in [1.165, 1.54) is 0 Å². The van der Waals surface area contributed by atoms with Crippen LogP contribution in [-0.4, -0.2) is 30.6 Å². The van der Waals surface area contributed by atoms with Gasteiger partial charge in [0.15, 0.2) is 0 Å². The highest BCUT2D eigenvalue weighted by Crippen LogP contribution is 2.00. The number of hydrogen-bond donors (Lipinski definition) is 2. The molecule has 0 aromatic rings. The van der Waals surface area contributed by atoms with Crippen LogP contribution in [0.5, 0.6) is 0 Å². The zero-order chi connectivity index (χ0) is 9.84. The smallest absolute Gasteiger partial charge is 0.329 e. The van der Waals surface area contributed by atoms with Crippen LogP contribution in [0.4, 0.5) is 4.79 Å². The largest absolute Gasteiger partial charge is 0.464 e. The molecular formula is C7H10N2O4. The molecule has 0 aromatic heterocycles. The molecule has 72 valence electrons. The van der Waals surface area contributed by atoms with Crippen LogP contribution in [0.1, 0.15) is 13.3 Å². The van der Waals surface area contributed by atoms with E-state index < -0.39 is 23.9 Å². The van der Waals surface area contributed by atoms with E-state index in [1.807, 2.05) is 5.32 Å². The first-order chi connectivity index (χ1) is 6.13. The van der Waals surface area contributed by atoms with Crippen molar-refractivity contribution in [3.05, 3.63) is 0 Å². The van der Waals surface area contributed by atoms with Gasteiger partial charge in [-0.05, 0) is 6.92 Å². The number of nitrogens with one attached hydrogen (secondary N) is 2. The van der Waals surface area contributed by atoms with Crippen LogP contribution in [0.25, 0.3) is 0 Å². The maximum atomic E-state index is 11.1. The van der Waals surface area contributed by atoms with Crippen molar-refractivity contribution in [3.63, 3.8) is 0 Å². The minimum atomic E-state index is -0.846. The van der Waals surface area contributed by atoms with Crippen molar-refractivity contribution < 1.29 is 19.1 Å². The van der Waals surface area contributed by atoms with Gasteiger partial charge in [0.05, 0.1) is 13.0 Å². The van der Waals surface area contributed by atoms with Gasteiger partial charge in [0, 0.05) is 0 Å². The standard InChI is InChI=1S/C7H10N2O4/c1-2-13-6(11)4-3-5(10)9-7(12)8-4/h4H,2-3H2,1H3,(H2,8,9,10,12)/t4-/m0/s1. The first kappa shape index (κ1) is 9.50. The number of carbonyl (C=O) groups excluding carboxylic acids is 3. The van der Waals surface area contributed by atoms with Gasteiger partial charge in [-0.3, -0.25) is 10.1 Å². The second-order valence-electron chi connectivity index (χ2n) is 2.53. The van der Waals surface area contributed by atoms with E-state index in [1.54, 1.807) is 6.92 Å². The second-order valence-corrected chi connectivity index (χ2v) is 2.53. The first-order valence-electron chi connectivity index (χ1n) is 3.90. The molecule has 2 N–H and O–H groups in total. The Morgan fingerprint density at radius 2 is 2.31 bits per heavy atom. The van der Waals surface area contributed by atoms with Crippen molar-refractivity contribution in [1.29, 1.82) is 0 Å². The highest BCUT2D eigenvalue weighted by molar-refractivity contribution is 6.01. The zero-order valence-corrected chi connectivity index (χ0v) is 7.12. The third kappa shape index (κ3) is 2.43. The molecule has 0 aliphatic carbocycles. The van der Waals surface area contributed by atoms with E-state index in [4.69, 9.17) is 0 Å². The molecule has 1 atom stereocenters. The van der Waals surface area contributed by atoms with Gasteiger partial charge in [-0.2, -0.15) is 0 Å². The van der Waals surface area contributed by atoms with Gasteiger partial charge in [-0.1, -0.05) is 0 Å². The molecule has 0 radical (unpaired) electrons. The molecule has 13 heavy (non-hydrogen) atoms. The molecule has 1 heterocycles. The molecule has 0 spiro atoms. The van der Waals surface area contributed by atoms with Crippen molar-refractivity contribution in [2.75, 3.05) is 6.61 Å². The first-order valence-corrected chi connectivity index (χ1v) is 3.90. The Bertz CT molecular complexity index is 235. The Hall–Kier alpha value is -1.59. The predicted molar refractivity (Wildman–Crippen MR) is 41.7 cm³/mol. The summed E-state index contributed by atoms with van der Waals surface area (Å²) in [7, 11) is 0. The third-order valence-electron chi connectivity index (χ3n) is 1.52. The zero-order valence-electron chi connectivity index (χ0n) is 7.12. The van der Waals surface area contributed by atoms with Crippen LogP contribution in [0.15, 0.2) is 0 Å². The van der Waals surface area contributed by atoms with Crippen molar-refractivity contribution in [1.82, 2.24) is 10.6 Å². The summed E-state index contributed by atoms with van der Waals surface area (Å²) >= 11 is 0. The molecule has 1 aliphatic rings. The molecule has 1 aliphatic heterocycles. The molecule has 1 saturated heterocycles. The number of urea groups is 1. The van der Waals surface area contributed by atoms with E-state index in [0.29, 0.717) is 0 Å². The molecule has 6 nitrogen and oxygen atoms in total. The molecule has 0 saturated carbocycles. The fourth-order valence-electron chi connectivity index (χ4n) is 0.994. The van der Waals surface area contributed by atoms with Gasteiger partial charge < -0.3 is 10.1 Å². The molecule has 1 fully saturated rings. The van der Waals surface area contributed by atoms with Crippen LogP contribution in [0.2, 0.25) is 0 Å². The normalized spacial score (nSPS) is 21.8. The highest BCUT2D eigenvalue weighted by atomic mass is 16.5. The average Bonchev–Trinajstić information content (AvgIpc) is 2.03. The summed E-state index contributed by atoms with van der Waals surface area (Å²) in [5.41, 5.74) is 0. The summed E-state index contributed by atoms with van der Waals surface area (Å²) < 4.78 is 4.64. The number of hydrogen-bond acceptors (Lipinski definition) is 4. The maximum absolute atomic E-state index is 11.1. The molecule has 0 unspecified atom stereocenters. The predicted octanol–water partition coefficient (Wildman–Crippen LogP) is -0.852. The van der Waals surface area contributed by atoms with Gasteiger partial charge in [0.1, 0.15) is 6.04 Å². The van der Waals surface area contributed by atoms with E-state index in [2.05, 4.69) is 10.1 Å². The summed E-state index contributed by atoms with van der Waals surface area (Å²) in [5, 5.41) is 4.30. The lowest BCUT2D eigenvalue weighted by Gasteiger charge is -2.20. The van der Waals surface area contributed by atoms with Gasteiger partial charge >= 0.3 is 12.0 Å². The summed E-state index contributed by atoms with van der Waals surface area (Å²) in [6, 6.07) is -1.50. The molecule has 3 amide bonds. The van der Waals surface area contributed by atoms with Crippen molar-refractivity contribution in [2.24, 2.45) is 0 Å². The summed E-state index contributed by atoms with van der Waals surface area (Å²) in [6.07, 6.45) is -0.0649. The molecule has 0 bridgehead atoms. The third-order valence-corrected chi connectivity index (χ3v) is 1.52. The van der Waals surface area contributed by atoms with Crippen LogP contribution >= 0.6 is 0 Å². The monoisotopic (exact) mass is 186 g/mol. The lowest BCUT2D eigenvalue weighted by molar-refractivity contribution is -0.147. The van der Waals surface area contributed by atoms with Crippen LogP contribution in [-0.2, 0) is 14.3 Å². The Kier molecular flexibility index (Phi) is 2.84. The topological polar surface area (TPSA) is 84.5 Å². The molecule has 1 rings (SSSR count). The Balaban J connectivity index is 2.54. The van der Waals surface area contributed by atoms with Crippen LogP contribution < -0.4 is 10.6 Å². The maximum Gasteiger partial charge on any atom is 0.329 e. The van der Waals surface area contributed by atoms with Gasteiger partial charge in [0.25, 0.3) is 0 Å². The number of imide groups is 1. The lowest BCUT2D eigenvalue weighted by atomic mass is 10.2. The SMILES string of the molecule is CCOC(=O)[C@@H]1CC(=O)NC(=O)N1. The molecule has 6 heteroatoms. The Morgan fingerprint density at radius 3 is 2.85 bits per heavy atom. The summed E-state index contributed by atoms with van der Waals surface area (Å²) in [4.78, 5) is 32.6. The summed E-state index contributed by atoms with van der Waals surface area (Å²) in [6.45, 7) is 1.88. The Labute approximate surface area is 74.6 Å². The van der Waals surface area contributed by atoms with Gasteiger partial charge in [0.2, 0.25) is 5.91 Å². The number of esters is 1. The number of ether oxygens (including phenoxy) is 1. The van der Waals surface area contributed by atoms with E-state index in [-0.39, 0.29) is 13.0 Å². The minimum Gasteiger partial charge on any atom is -0.464 e. The molecule has 0 aromatic carbocycles. The van der Waals surface area contributed by atoms with E-state index in [9.17, 15) is 14.4 Å². The van der Waals surface area contributed by atoms with Gasteiger partial charge in [-0.25, -0.2) is 9.59 Å². The van der Waals surface area contributed by atoms with Crippen molar-refractivity contribution >= 4 is 17.9 Å². The number of rotatable bonds is 2. The minimum absolute atomic E-state index is 0.0649. The number of carbonyl (C=O) groups is 3. The van der Waals surface area contributed by atoms with Gasteiger partial charge in [-0.15, -0.1) is 0 Å². The van der Waals surface area contributed by atoms with Crippen LogP contribution in [0.3, 0.4) is 0 Å². The lowest BCUT2D eigenvalue weighted by Crippen LogP contribution is -2.55. The van der Waals surface area contributed by atoms with Crippen LogP contribution in [0, 0.1) is 0 Å². The summed E-state index contributed by atoms with van der Waals surface area (Å²) in [5.74, 6) is -1.05. The van der Waals surface area contributed by atoms with Crippen molar-refractivity contribution in [2.45, 2.75) is 19.4 Å². The highest BCUT2D eigenvalue weighted by Gasteiger charge is 2.30.